The van der Waals surface area contributed by atoms with Crippen molar-refractivity contribution in [2.75, 3.05) is 5.32 Å². The summed E-state index contributed by atoms with van der Waals surface area (Å²) in [4.78, 5) is 20.7. The number of carbonyl (C=O) groups is 1. The van der Waals surface area contributed by atoms with Crippen molar-refractivity contribution in [2.24, 2.45) is 0 Å². The lowest BCUT2D eigenvalue weighted by Gasteiger charge is -2.01. The molecule has 0 aliphatic carbocycles. The van der Waals surface area contributed by atoms with E-state index in [-0.39, 0.29) is 5.91 Å². The van der Waals surface area contributed by atoms with E-state index in [9.17, 15) is 4.79 Å². The first-order valence-electron chi connectivity index (χ1n) is 8.81. The Labute approximate surface area is 164 Å². The maximum Gasteiger partial charge on any atom is 0.276 e. The molecule has 5 rings (SSSR count). The lowest BCUT2D eigenvalue weighted by molar-refractivity contribution is 0.102. The lowest BCUT2D eigenvalue weighted by Crippen LogP contribution is -2.12. The van der Waals surface area contributed by atoms with Crippen molar-refractivity contribution in [3.8, 4) is 11.1 Å². The third kappa shape index (κ3) is 3.34. The van der Waals surface area contributed by atoms with Crippen LogP contribution < -0.4 is 5.32 Å². The fourth-order valence-corrected chi connectivity index (χ4v) is 3.08. The molecule has 0 saturated carbocycles. The molecule has 4 aromatic heterocycles. The zero-order chi connectivity index (χ0) is 19.6. The van der Waals surface area contributed by atoms with Crippen molar-refractivity contribution in [1.29, 1.82) is 0 Å². The van der Waals surface area contributed by atoms with Crippen LogP contribution >= 0.6 is 0 Å². The molecule has 0 aliphatic rings. The van der Waals surface area contributed by atoms with Gasteiger partial charge in [-0.2, -0.15) is 15.3 Å². The number of nitrogens with zero attached hydrogens (tertiary/aromatic N) is 6. The number of amides is 1. The zero-order valence-corrected chi connectivity index (χ0v) is 15.1. The monoisotopic (exact) mass is 385 g/mol. The molecule has 10 nitrogen and oxygen atoms in total. The number of hydrogen-bond donors (Lipinski definition) is 3. The molecule has 4 heterocycles. The molecule has 0 atom stereocenters. The molecule has 142 valence electrons. The minimum atomic E-state index is -0.310. The van der Waals surface area contributed by atoms with Crippen molar-refractivity contribution < 1.29 is 4.79 Å². The number of fused-ring (bicyclic) bond motifs is 1. The fraction of sp³-hybridized carbons (Fsp3) is 0.0526. The van der Waals surface area contributed by atoms with Gasteiger partial charge in [0.05, 0.1) is 30.1 Å². The molecule has 0 bridgehead atoms. The van der Waals surface area contributed by atoms with E-state index in [1.807, 2.05) is 24.4 Å². The summed E-state index contributed by atoms with van der Waals surface area (Å²) in [6, 6.07) is 5.73. The van der Waals surface area contributed by atoms with E-state index in [1.165, 1.54) is 6.33 Å². The lowest BCUT2D eigenvalue weighted by atomic mass is 10.1. The predicted octanol–water partition coefficient (Wildman–Crippen LogP) is 2.24. The second-order valence-electron chi connectivity index (χ2n) is 6.45. The van der Waals surface area contributed by atoms with Crippen LogP contribution in [0.1, 0.15) is 16.1 Å². The topological polar surface area (TPSA) is 130 Å². The maximum atomic E-state index is 12.7. The molecule has 3 N–H and O–H groups in total. The van der Waals surface area contributed by atoms with Crippen molar-refractivity contribution in [2.45, 2.75) is 6.54 Å². The number of H-pyrrole nitrogens is 2. The summed E-state index contributed by atoms with van der Waals surface area (Å²) in [5.74, 6) is -0.310. The molecule has 0 saturated heterocycles. The Bertz CT molecular complexity index is 1270. The number of benzene rings is 1. The Kier molecular flexibility index (Phi) is 4.06. The summed E-state index contributed by atoms with van der Waals surface area (Å²) >= 11 is 0. The average molecular weight is 385 g/mol. The van der Waals surface area contributed by atoms with Crippen molar-refractivity contribution in [3.05, 3.63) is 73.0 Å². The predicted molar refractivity (Wildman–Crippen MR) is 105 cm³/mol. The zero-order valence-electron chi connectivity index (χ0n) is 15.1. The Balaban J connectivity index is 1.34. The van der Waals surface area contributed by atoms with Gasteiger partial charge in [0.15, 0.2) is 5.69 Å². The normalized spacial score (nSPS) is 11.0. The number of aromatic amines is 2. The first kappa shape index (κ1) is 16.8. The second kappa shape index (κ2) is 7.00. The number of nitrogens with one attached hydrogen (secondary N) is 3. The van der Waals surface area contributed by atoms with Gasteiger partial charge in [-0.25, -0.2) is 9.97 Å². The van der Waals surface area contributed by atoms with Crippen molar-refractivity contribution in [3.63, 3.8) is 0 Å². The van der Waals surface area contributed by atoms with Crippen LogP contribution in [-0.2, 0) is 6.54 Å². The van der Waals surface area contributed by atoms with Gasteiger partial charge < -0.3 is 5.32 Å². The number of aromatic nitrogens is 8. The van der Waals surface area contributed by atoms with Gasteiger partial charge in [0.1, 0.15) is 6.33 Å². The maximum absolute atomic E-state index is 12.7. The summed E-state index contributed by atoms with van der Waals surface area (Å²) in [7, 11) is 0. The number of anilines is 1. The van der Waals surface area contributed by atoms with E-state index < -0.39 is 0 Å². The minimum absolute atomic E-state index is 0.310. The van der Waals surface area contributed by atoms with E-state index in [0.717, 1.165) is 27.6 Å². The third-order valence-corrected chi connectivity index (χ3v) is 4.46. The van der Waals surface area contributed by atoms with E-state index in [4.69, 9.17) is 0 Å². The Morgan fingerprint density at radius 2 is 2.00 bits per heavy atom. The number of rotatable bonds is 5. The molecule has 10 heteroatoms. The Morgan fingerprint density at radius 3 is 2.83 bits per heavy atom. The standard InChI is InChI=1S/C19H15N9O/c29-19(25-15-8-24-28(10-15)9-12-4-20-11-21-5-12)18-16-2-1-13(3-17(16)26-27-18)14-6-22-23-7-14/h1-8,10-11H,9H2,(H,22,23)(H,25,29)(H,26,27). The Hall–Kier alpha value is -4.34. The average Bonchev–Trinajstić information content (AvgIpc) is 3.49. The number of carbonyl (C=O) groups excluding carboxylic acids is 1. The molecule has 0 spiro atoms. The van der Waals surface area contributed by atoms with Crippen LogP contribution in [-0.4, -0.2) is 46.1 Å². The summed E-state index contributed by atoms with van der Waals surface area (Å²) in [5.41, 5.74) is 4.53. The highest BCUT2D eigenvalue weighted by Crippen LogP contribution is 2.24. The van der Waals surface area contributed by atoms with Gasteiger partial charge >= 0.3 is 0 Å². The smallest absolute Gasteiger partial charge is 0.276 e. The molecule has 0 aliphatic heterocycles. The molecular weight excluding hydrogens is 370 g/mol. The number of hydrogen-bond acceptors (Lipinski definition) is 6. The van der Waals surface area contributed by atoms with Crippen LogP contribution in [0.15, 0.2) is 61.7 Å². The molecule has 29 heavy (non-hydrogen) atoms. The van der Waals surface area contributed by atoms with Crippen molar-refractivity contribution in [1.82, 2.24) is 40.1 Å². The summed E-state index contributed by atoms with van der Waals surface area (Å²) in [6.07, 6.45) is 11.8. The summed E-state index contributed by atoms with van der Waals surface area (Å²) in [5, 5.41) is 21.7. The first-order chi connectivity index (χ1) is 14.3. The van der Waals surface area contributed by atoms with E-state index in [1.54, 1.807) is 35.7 Å². The summed E-state index contributed by atoms with van der Waals surface area (Å²) < 4.78 is 1.70. The van der Waals surface area contributed by atoms with Crippen LogP contribution in [0.5, 0.6) is 0 Å². The van der Waals surface area contributed by atoms with Crippen molar-refractivity contribution >= 4 is 22.5 Å². The van der Waals surface area contributed by atoms with Gasteiger partial charge in [0.25, 0.3) is 5.91 Å². The third-order valence-electron chi connectivity index (χ3n) is 4.46. The Morgan fingerprint density at radius 1 is 1.10 bits per heavy atom. The van der Waals surface area contributed by atoms with Crippen LogP contribution in [0.25, 0.3) is 22.0 Å². The van der Waals surface area contributed by atoms with Crippen LogP contribution in [0.3, 0.4) is 0 Å². The van der Waals surface area contributed by atoms with E-state index >= 15 is 0 Å². The SMILES string of the molecule is O=C(Nc1cnn(Cc2cncnc2)c1)c1n[nH]c2cc(-c3cn[nH]c3)ccc12. The van der Waals surface area contributed by atoms with Crippen LogP contribution in [0.4, 0.5) is 5.69 Å². The molecule has 1 amide bonds. The first-order valence-corrected chi connectivity index (χ1v) is 8.81. The highest BCUT2D eigenvalue weighted by Gasteiger charge is 2.16. The fourth-order valence-electron chi connectivity index (χ4n) is 3.08. The summed E-state index contributed by atoms with van der Waals surface area (Å²) in [6.45, 7) is 0.513. The minimum Gasteiger partial charge on any atom is -0.318 e. The van der Waals surface area contributed by atoms with Gasteiger partial charge in [-0.05, 0) is 17.7 Å². The highest BCUT2D eigenvalue weighted by atomic mass is 16.2. The van der Waals surface area contributed by atoms with Gasteiger partial charge in [0.2, 0.25) is 0 Å². The molecule has 0 fully saturated rings. The van der Waals surface area contributed by atoms with E-state index in [2.05, 4.69) is 40.8 Å². The van der Waals surface area contributed by atoms with Gasteiger partial charge in [-0.15, -0.1) is 0 Å². The van der Waals surface area contributed by atoms with Crippen LogP contribution in [0, 0.1) is 0 Å². The molecule has 0 unspecified atom stereocenters. The van der Waals surface area contributed by atoms with Gasteiger partial charge in [-0.3, -0.25) is 19.7 Å². The molecule has 0 radical (unpaired) electrons. The highest BCUT2D eigenvalue weighted by molar-refractivity contribution is 6.11. The second-order valence-corrected chi connectivity index (χ2v) is 6.45. The molecule has 1 aromatic carbocycles. The molecular formula is C19H15N9O. The quantitative estimate of drug-likeness (QED) is 0.425. The molecule has 5 aromatic rings. The van der Waals surface area contributed by atoms with Gasteiger partial charge in [0, 0.05) is 41.3 Å². The van der Waals surface area contributed by atoms with E-state index in [0.29, 0.717) is 17.9 Å². The largest absolute Gasteiger partial charge is 0.318 e. The van der Waals surface area contributed by atoms with Crippen LogP contribution in [0.2, 0.25) is 0 Å². The van der Waals surface area contributed by atoms with Gasteiger partial charge in [-0.1, -0.05) is 6.07 Å².